The Hall–Kier alpha value is -2.15. The predicted octanol–water partition coefficient (Wildman–Crippen LogP) is 3.77. The summed E-state index contributed by atoms with van der Waals surface area (Å²) >= 11 is 0. The average Bonchev–Trinajstić information content (AvgIpc) is 2.54. The van der Waals surface area contributed by atoms with Crippen LogP contribution in [0.15, 0.2) is 36.5 Å². The number of nitrogens with zero attached hydrogens (tertiary/aromatic N) is 3. The van der Waals surface area contributed by atoms with Crippen molar-refractivity contribution in [3.8, 4) is 0 Å². The maximum absolute atomic E-state index is 12.9. The van der Waals surface area contributed by atoms with E-state index in [-0.39, 0.29) is 6.04 Å². The molecular formula is C17H18F3N3O. The second-order valence-electron chi connectivity index (χ2n) is 5.91. The Morgan fingerprint density at radius 1 is 1.25 bits per heavy atom. The predicted molar refractivity (Wildman–Crippen MR) is 83.7 cm³/mol. The topological polar surface area (TPSA) is 38.2 Å². The normalized spacial score (nSPS) is 21.8. The number of aromatic nitrogens is 2. The smallest absolute Gasteiger partial charge is 0.370 e. The third-order valence-corrected chi connectivity index (χ3v) is 4.07. The minimum atomic E-state index is -4.36. The van der Waals surface area contributed by atoms with Gasteiger partial charge in [-0.25, -0.2) is 9.97 Å². The molecule has 0 radical (unpaired) electrons. The van der Waals surface area contributed by atoms with E-state index in [1.54, 1.807) is 25.3 Å². The van der Waals surface area contributed by atoms with Crippen LogP contribution in [0.2, 0.25) is 0 Å². The van der Waals surface area contributed by atoms with Gasteiger partial charge in [0.05, 0.1) is 24.8 Å². The second-order valence-corrected chi connectivity index (χ2v) is 5.91. The summed E-state index contributed by atoms with van der Waals surface area (Å²) in [5, 5.41) is 0. The highest BCUT2D eigenvalue weighted by Gasteiger charge is 2.33. The lowest BCUT2D eigenvalue weighted by Gasteiger charge is -2.39. The largest absolute Gasteiger partial charge is 0.416 e. The summed E-state index contributed by atoms with van der Waals surface area (Å²) in [7, 11) is 0. The summed E-state index contributed by atoms with van der Waals surface area (Å²) in [5.41, 5.74) is -0.140. The van der Waals surface area contributed by atoms with E-state index in [2.05, 4.69) is 9.97 Å². The number of anilines is 1. The van der Waals surface area contributed by atoms with Crippen molar-refractivity contribution in [1.29, 1.82) is 0 Å². The number of hydrogen-bond acceptors (Lipinski definition) is 4. The molecule has 4 nitrogen and oxygen atoms in total. The molecule has 128 valence electrons. The molecule has 1 aliphatic rings. The van der Waals surface area contributed by atoms with Gasteiger partial charge in [0.15, 0.2) is 0 Å². The molecule has 1 aliphatic heterocycles. The number of benzene rings is 1. The van der Waals surface area contributed by atoms with Crippen LogP contribution in [0.1, 0.15) is 30.0 Å². The molecule has 24 heavy (non-hydrogen) atoms. The van der Waals surface area contributed by atoms with Crippen LogP contribution < -0.4 is 4.90 Å². The molecule has 0 aliphatic carbocycles. The van der Waals surface area contributed by atoms with Gasteiger partial charge in [0, 0.05) is 6.20 Å². The molecule has 3 rings (SSSR count). The number of halogens is 3. The highest BCUT2D eigenvalue weighted by atomic mass is 19.4. The number of morpholine rings is 1. The van der Waals surface area contributed by atoms with Gasteiger partial charge in [0.25, 0.3) is 0 Å². The molecule has 1 saturated heterocycles. The van der Waals surface area contributed by atoms with Crippen LogP contribution in [-0.4, -0.2) is 29.2 Å². The van der Waals surface area contributed by atoms with E-state index in [1.165, 1.54) is 6.07 Å². The summed E-state index contributed by atoms with van der Waals surface area (Å²) in [6.07, 6.45) is -3.11. The van der Waals surface area contributed by atoms with Crippen LogP contribution in [-0.2, 0) is 10.9 Å². The van der Waals surface area contributed by atoms with Crippen molar-refractivity contribution in [3.63, 3.8) is 0 Å². The quantitative estimate of drug-likeness (QED) is 0.836. The molecule has 0 spiro atoms. The first-order chi connectivity index (χ1) is 11.3. The van der Waals surface area contributed by atoms with Crippen LogP contribution in [0.4, 0.5) is 19.0 Å². The zero-order chi connectivity index (χ0) is 17.3. The van der Waals surface area contributed by atoms with Gasteiger partial charge in [-0.15, -0.1) is 0 Å². The van der Waals surface area contributed by atoms with Crippen LogP contribution in [0.25, 0.3) is 0 Å². The van der Waals surface area contributed by atoms with Crippen LogP contribution >= 0.6 is 0 Å². The molecule has 1 aromatic carbocycles. The van der Waals surface area contributed by atoms with E-state index in [4.69, 9.17) is 4.74 Å². The van der Waals surface area contributed by atoms with Gasteiger partial charge in [-0.2, -0.15) is 13.2 Å². The van der Waals surface area contributed by atoms with Gasteiger partial charge in [0.1, 0.15) is 17.7 Å². The summed E-state index contributed by atoms with van der Waals surface area (Å²) < 4.78 is 44.5. The summed E-state index contributed by atoms with van der Waals surface area (Å²) in [6.45, 7) is 4.67. The minimum absolute atomic E-state index is 0.0846. The van der Waals surface area contributed by atoms with E-state index in [0.29, 0.717) is 24.5 Å². The van der Waals surface area contributed by atoms with E-state index < -0.39 is 17.8 Å². The Labute approximate surface area is 138 Å². The standard InChI is InChI=1S/C17H18F3N3O/c1-11-10-24-15(9-23(11)16-6-7-21-12(2)22-16)13-4-3-5-14(8-13)17(18,19)20/h3-8,11,15H,9-10H2,1-2H3/t11-,15+/m1/s1. The van der Waals surface area contributed by atoms with Crippen molar-refractivity contribution < 1.29 is 17.9 Å². The molecule has 1 aromatic heterocycles. The highest BCUT2D eigenvalue weighted by Crippen LogP contribution is 2.33. The van der Waals surface area contributed by atoms with E-state index in [1.807, 2.05) is 11.8 Å². The van der Waals surface area contributed by atoms with Crippen LogP contribution in [0.5, 0.6) is 0 Å². The summed E-state index contributed by atoms with van der Waals surface area (Å²) in [4.78, 5) is 10.5. The van der Waals surface area contributed by atoms with Crippen molar-refractivity contribution in [1.82, 2.24) is 9.97 Å². The summed E-state index contributed by atoms with van der Waals surface area (Å²) in [6, 6.07) is 7.20. The van der Waals surface area contributed by atoms with Crippen LogP contribution in [0.3, 0.4) is 0 Å². The van der Waals surface area contributed by atoms with Crippen molar-refractivity contribution in [3.05, 3.63) is 53.5 Å². The lowest BCUT2D eigenvalue weighted by molar-refractivity contribution is -0.137. The number of ether oxygens (including phenoxy) is 1. The molecule has 2 aromatic rings. The fourth-order valence-corrected chi connectivity index (χ4v) is 2.80. The number of alkyl halides is 3. The second kappa shape index (κ2) is 6.39. The molecule has 1 fully saturated rings. The number of hydrogen-bond donors (Lipinski definition) is 0. The molecule has 0 N–H and O–H groups in total. The highest BCUT2D eigenvalue weighted by molar-refractivity contribution is 5.41. The fourth-order valence-electron chi connectivity index (χ4n) is 2.80. The lowest BCUT2D eigenvalue weighted by atomic mass is 10.0. The molecule has 2 atom stereocenters. The van der Waals surface area contributed by atoms with E-state index in [9.17, 15) is 13.2 Å². The molecule has 0 saturated carbocycles. The third kappa shape index (κ3) is 3.51. The molecule has 0 unspecified atom stereocenters. The molecule has 0 amide bonds. The number of rotatable bonds is 2. The van der Waals surface area contributed by atoms with Crippen molar-refractivity contribution in [2.45, 2.75) is 32.2 Å². The Balaban J connectivity index is 1.86. The Morgan fingerprint density at radius 3 is 2.75 bits per heavy atom. The SMILES string of the molecule is Cc1nccc(N2C[C@@H](c3cccc(C(F)(F)F)c3)OC[C@H]2C)n1. The van der Waals surface area contributed by atoms with Gasteiger partial charge in [0.2, 0.25) is 0 Å². The lowest BCUT2D eigenvalue weighted by Crippen LogP contribution is -2.45. The monoisotopic (exact) mass is 337 g/mol. The Bertz CT molecular complexity index is 720. The van der Waals surface area contributed by atoms with Crippen molar-refractivity contribution >= 4 is 5.82 Å². The van der Waals surface area contributed by atoms with Gasteiger partial charge >= 0.3 is 6.18 Å². The first kappa shape index (κ1) is 16.7. The molecule has 0 bridgehead atoms. The van der Waals surface area contributed by atoms with Gasteiger partial charge in [-0.05, 0) is 37.6 Å². The maximum atomic E-state index is 12.9. The summed E-state index contributed by atoms with van der Waals surface area (Å²) in [5.74, 6) is 1.41. The van der Waals surface area contributed by atoms with Crippen LogP contribution in [0, 0.1) is 6.92 Å². The van der Waals surface area contributed by atoms with Crippen molar-refractivity contribution in [2.24, 2.45) is 0 Å². The van der Waals surface area contributed by atoms with Gasteiger partial charge < -0.3 is 9.64 Å². The van der Waals surface area contributed by atoms with E-state index >= 15 is 0 Å². The zero-order valence-electron chi connectivity index (χ0n) is 13.4. The minimum Gasteiger partial charge on any atom is -0.370 e. The molecular weight excluding hydrogens is 319 g/mol. The first-order valence-corrected chi connectivity index (χ1v) is 7.69. The van der Waals surface area contributed by atoms with E-state index in [0.717, 1.165) is 18.0 Å². The molecule has 2 heterocycles. The molecule has 7 heteroatoms. The fraction of sp³-hybridized carbons (Fsp3) is 0.412. The van der Waals surface area contributed by atoms with Crippen molar-refractivity contribution in [2.75, 3.05) is 18.1 Å². The zero-order valence-corrected chi connectivity index (χ0v) is 13.4. The van der Waals surface area contributed by atoms with Gasteiger partial charge in [-0.3, -0.25) is 0 Å². The average molecular weight is 337 g/mol. The number of aryl methyl sites for hydroxylation is 1. The Morgan fingerprint density at radius 2 is 2.04 bits per heavy atom. The Kier molecular flexibility index (Phi) is 4.45. The van der Waals surface area contributed by atoms with Gasteiger partial charge in [-0.1, -0.05) is 12.1 Å². The first-order valence-electron chi connectivity index (χ1n) is 7.69. The maximum Gasteiger partial charge on any atom is 0.416 e. The third-order valence-electron chi connectivity index (χ3n) is 4.07.